The molecule has 0 saturated carbocycles. The van der Waals surface area contributed by atoms with E-state index >= 15 is 0 Å². The lowest BCUT2D eigenvalue weighted by Gasteiger charge is -2.23. The molecule has 0 spiro atoms. The molecule has 2 nitrogen and oxygen atoms in total. The average molecular weight is 286 g/mol. The van der Waals surface area contributed by atoms with Gasteiger partial charge in [-0.3, -0.25) is 0 Å². The molecule has 0 aromatic heterocycles. The van der Waals surface area contributed by atoms with Gasteiger partial charge in [-0.2, -0.15) is 0 Å². The van der Waals surface area contributed by atoms with E-state index in [1.807, 2.05) is 19.1 Å². The fraction of sp³-hybridized carbons (Fsp3) is 0.538. The van der Waals surface area contributed by atoms with Crippen LogP contribution in [0.15, 0.2) is 28.7 Å². The van der Waals surface area contributed by atoms with Gasteiger partial charge < -0.3 is 10.4 Å². The monoisotopic (exact) mass is 285 g/mol. The molecule has 16 heavy (non-hydrogen) atoms. The van der Waals surface area contributed by atoms with E-state index in [1.165, 1.54) is 5.56 Å². The quantitative estimate of drug-likeness (QED) is 0.842. The van der Waals surface area contributed by atoms with Gasteiger partial charge >= 0.3 is 0 Å². The summed E-state index contributed by atoms with van der Waals surface area (Å²) in [6, 6.07) is 8.21. The summed E-state index contributed by atoms with van der Waals surface area (Å²) in [5, 5.41) is 13.2. The molecule has 0 amide bonds. The predicted octanol–water partition coefficient (Wildman–Crippen LogP) is 3.09. The molecule has 0 aliphatic heterocycles. The zero-order valence-corrected chi connectivity index (χ0v) is 11.5. The lowest BCUT2D eigenvalue weighted by molar-refractivity contribution is 0.0498. The van der Waals surface area contributed by atoms with Gasteiger partial charge in [-0.25, -0.2) is 0 Å². The van der Waals surface area contributed by atoms with Gasteiger partial charge in [0, 0.05) is 17.6 Å². The summed E-state index contributed by atoms with van der Waals surface area (Å²) >= 11 is 3.41. The topological polar surface area (TPSA) is 32.3 Å². The molecule has 0 fully saturated rings. The predicted molar refractivity (Wildman–Crippen MR) is 71.4 cm³/mol. The van der Waals surface area contributed by atoms with Crippen molar-refractivity contribution in [3.05, 3.63) is 34.3 Å². The number of benzene rings is 1. The Morgan fingerprint density at radius 1 is 1.31 bits per heavy atom. The first-order valence-corrected chi connectivity index (χ1v) is 6.50. The molecule has 2 N–H and O–H groups in total. The summed E-state index contributed by atoms with van der Waals surface area (Å²) in [5.74, 6) is 0. The number of halogens is 1. The van der Waals surface area contributed by atoms with E-state index in [0.29, 0.717) is 6.54 Å². The maximum Gasteiger partial charge on any atom is 0.0743 e. The van der Waals surface area contributed by atoms with Crippen LogP contribution in [0.2, 0.25) is 0 Å². The lowest BCUT2D eigenvalue weighted by Crippen LogP contribution is -2.37. The molecule has 1 unspecified atom stereocenters. The zero-order valence-electron chi connectivity index (χ0n) is 9.96. The highest BCUT2D eigenvalue weighted by Crippen LogP contribution is 2.12. The highest BCUT2D eigenvalue weighted by Gasteiger charge is 2.17. The Morgan fingerprint density at radius 2 is 1.94 bits per heavy atom. The first-order chi connectivity index (χ1) is 7.53. The molecular weight excluding hydrogens is 266 g/mol. The lowest BCUT2D eigenvalue weighted by atomic mass is 10.0. The van der Waals surface area contributed by atoms with Gasteiger partial charge in [0.1, 0.15) is 0 Å². The van der Waals surface area contributed by atoms with Crippen LogP contribution >= 0.6 is 15.9 Å². The molecular formula is C13H20BrNO. The van der Waals surface area contributed by atoms with E-state index in [9.17, 15) is 5.11 Å². The normalized spacial score (nSPS) is 14.8. The van der Waals surface area contributed by atoms with Crippen molar-refractivity contribution >= 4 is 15.9 Å². The molecule has 0 bridgehead atoms. The molecule has 0 radical (unpaired) electrons. The molecule has 1 atom stereocenters. The van der Waals surface area contributed by atoms with E-state index in [4.69, 9.17) is 0 Å². The Morgan fingerprint density at radius 3 is 2.50 bits per heavy atom. The van der Waals surface area contributed by atoms with Gasteiger partial charge in [-0.05, 0) is 31.0 Å². The van der Waals surface area contributed by atoms with Crippen molar-refractivity contribution in [2.24, 2.45) is 0 Å². The van der Waals surface area contributed by atoms with Gasteiger partial charge in [-0.15, -0.1) is 0 Å². The van der Waals surface area contributed by atoms with Gasteiger partial charge in [0.15, 0.2) is 0 Å². The van der Waals surface area contributed by atoms with E-state index in [2.05, 4.69) is 40.3 Å². The third-order valence-electron chi connectivity index (χ3n) is 2.54. The molecule has 0 saturated heterocycles. The van der Waals surface area contributed by atoms with Crippen LogP contribution in [0.1, 0.15) is 32.3 Å². The fourth-order valence-electron chi connectivity index (χ4n) is 1.71. The summed E-state index contributed by atoms with van der Waals surface area (Å²) in [4.78, 5) is 0. The van der Waals surface area contributed by atoms with Crippen LogP contribution in [0.4, 0.5) is 0 Å². The van der Waals surface area contributed by atoms with Crippen molar-refractivity contribution in [1.29, 1.82) is 0 Å². The maximum absolute atomic E-state index is 9.97. The second-order valence-electron chi connectivity index (χ2n) is 4.48. The molecule has 1 rings (SSSR count). The Bertz CT molecular complexity index is 308. The zero-order chi connectivity index (χ0) is 12.0. The van der Waals surface area contributed by atoms with Crippen molar-refractivity contribution in [2.75, 3.05) is 6.54 Å². The van der Waals surface area contributed by atoms with Gasteiger partial charge in [-0.1, -0.05) is 41.4 Å². The Balaban J connectivity index is 2.32. The largest absolute Gasteiger partial charge is 0.389 e. The molecule has 1 aromatic carbocycles. The molecule has 3 heteroatoms. The number of hydrogen-bond donors (Lipinski definition) is 2. The third kappa shape index (κ3) is 5.10. The highest BCUT2D eigenvalue weighted by molar-refractivity contribution is 9.10. The maximum atomic E-state index is 9.97. The first-order valence-electron chi connectivity index (χ1n) is 5.71. The van der Waals surface area contributed by atoms with E-state index in [0.717, 1.165) is 23.9 Å². The summed E-state index contributed by atoms with van der Waals surface area (Å²) in [6.45, 7) is 5.40. The van der Waals surface area contributed by atoms with Gasteiger partial charge in [0.2, 0.25) is 0 Å². The molecule has 90 valence electrons. The van der Waals surface area contributed by atoms with Crippen LogP contribution in [0.25, 0.3) is 0 Å². The van der Waals surface area contributed by atoms with Crippen LogP contribution in [0.5, 0.6) is 0 Å². The minimum atomic E-state index is -0.593. The molecule has 0 heterocycles. The van der Waals surface area contributed by atoms with Crippen molar-refractivity contribution in [3.63, 3.8) is 0 Å². The standard InChI is InChI=1S/C13H20BrNO/c1-3-8-13(2,16)10-15-9-11-4-6-12(14)7-5-11/h4-7,15-16H,3,8-10H2,1-2H3. The highest BCUT2D eigenvalue weighted by atomic mass is 79.9. The van der Waals surface area contributed by atoms with Crippen LogP contribution in [0.3, 0.4) is 0 Å². The van der Waals surface area contributed by atoms with E-state index in [1.54, 1.807) is 0 Å². The fourth-order valence-corrected chi connectivity index (χ4v) is 1.97. The van der Waals surface area contributed by atoms with Crippen LogP contribution < -0.4 is 5.32 Å². The minimum Gasteiger partial charge on any atom is -0.389 e. The molecule has 0 aliphatic rings. The number of nitrogens with one attached hydrogen (secondary N) is 1. The number of aliphatic hydroxyl groups is 1. The Hall–Kier alpha value is -0.380. The second-order valence-corrected chi connectivity index (χ2v) is 5.39. The number of rotatable bonds is 6. The van der Waals surface area contributed by atoms with Crippen molar-refractivity contribution < 1.29 is 5.11 Å². The third-order valence-corrected chi connectivity index (χ3v) is 3.07. The smallest absolute Gasteiger partial charge is 0.0743 e. The van der Waals surface area contributed by atoms with Crippen LogP contribution in [-0.2, 0) is 6.54 Å². The van der Waals surface area contributed by atoms with Crippen LogP contribution in [0, 0.1) is 0 Å². The summed E-state index contributed by atoms with van der Waals surface area (Å²) in [5.41, 5.74) is 0.639. The van der Waals surface area contributed by atoms with E-state index in [-0.39, 0.29) is 0 Å². The van der Waals surface area contributed by atoms with Crippen molar-refractivity contribution in [2.45, 2.75) is 38.8 Å². The second kappa shape index (κ2) is 6.38. The molecule has 0 aliphatic carbocycles. The van der Waals surface area contributed by atoms with Gasteiger partial charge in [0.05, 0.1) is 5.60 Å². The summed E-state index contributed by atoms with van der Waals surface area (Å²) in [6.07, 6.45) is 1.84. The first kappa shape index (κ1) is 13.7. The Kier molecular flexibility index (Phi) is 5.46. The van der Waals surface area contributed by atoms with Crippen LogP contribution in [-0.4, -0.2) is 17.3 Å². The SMILES string of the molecule is CCCC(C)(O)CNCc1ccc(Br)cc1. The minimum absolute atomic E-state index is 0.593. The molecule has 1 aromatic rings. The average Bonchev–Trinajstić information content (AvgIpc) is 2.20. The summed E-state index contributed by atoms with van der Waals surface area (Å²) in [7, 11) is 0. The van der Waals surface area contributed by atoms with Crippen molar-refractivity contribution in [3.8, 4) is 0 Å². The van der Waals surface area contributed by atoms with E-state index < -0.39 is 5.60 Å². The Labute approximate surface area is 106 Å². The number of hydrogen-bond acceptors (Lipinski definition) is 2. The van der Waals surface area contributed by atoms with Crippen molar-refractivity contribution in [1.82, 2.24) is 5.32 Å². The summed E-state index contributed by atoms with van der Waals surface area (Å²) < 4.78 is 1.09. The van der Waals surface area contributed by atoms with Gasteiger partial charge in [0.25, 0.3) is 0 Å².